The number of aryl methyl sites for hydroxylation is 1. The number of hydrogen-bond acceptors (Lipinski definition) is 4. The zero-order valence-corrected chi connectivity index (χ0v) is 18.2. The number of hydrogen-bond donors (Lipinski definition) is 0. The molecule has 0 N–H and O–H groups in total. The molecule has 8 heteroatoms. The van der Waals surface area contributed by atoms with E-state index in [1.165, 1.54) is 5.56 Å². The molecule has 4 nitrogen and oxygen atoms in total. The van der Waals surface area contributed by atoms with E-state index in [1.807, 2.05) is 6.07 Å². The molecule has 0 aromatic heterocycles. The number of carbonyl (C=O) groups excluding carboxylic acids is 1. The lowest BCUT2D eigenvalue weighted by Gasteiger charge is -2.22. The van der Waals surface area contributed by atoms with E-state index < -0.39 is 0 Å². The Balaban J connectivity index is 1.63. The number of fused-ring (bicyclic) bond motifs is 1. The Bertz CT molecular complexity index is 628. The average Bonchev–Trinajstić information content (AvgIpc) is 3.11. The number of benzene rings is 1. The molecule has 1 aliphatic heterocycles. The van der Waals surface area contributed by atoms with E-state index >= 15 is 0 Å². The largest absolute Gasteiger partial charge is 0.462 e. The highest BCUT2D eigenvalue weighted by Crippen LogP contribution is 2.44. The van der Waals surface area contributed by atoms with E-state index in [2.05, 4.69) is 64.1 Å². The van der Waals surface area contributed by atoms with Gasteiger partial charge in [-0.1, -0.05) is 42.5 Å². The molecule has 26 heavy (non-hydrogen) atoms. The van der Waals surface area contributed by atoms with E-state index in [1.54, 1.807) is 0 Å². The average molecular weight is 410 g/mol. The fourth-order valence-electron chi connectivity index (χ4n) is 3.93. The molecule has 140 valence electrons. The Kier molecular flexibility index (Phi) is 7.68. The summed E-state index contributed by atoms with van der Waals surface area (Å²) in [5, 5.41) is 0. The maximum atomic E-state index is 11.7. The summed E-state index contributed by atoms with van der Waals surface area (Å²) in [4.78, 5) is 11.7. The minimum atomic E-state index is -0.0897. The van der Waals surface area contributed by atoms with Crippen LogP contribution in [-0.4, -0.2) is 30.6 Å². The van der Waals surface area contributed by atoms with Crippen LogP contribution in [0.5, 0.6) is 0 Å². The van der Waals surface area contributed by atoms with E-state index in [0.717, 1.165) is 19.3 Å². The first-order valence-corrected chi connectivity index (χ1v) is 10.8. The fourth-order valence-corrected chi connectivity index (χ4v) is 4.56. The molecule has 2 fully saturated rings. The molecule has 1 saturated heterocycles. The van der Waals surface area contributed by atoms with Gasteiger partial charge in [-0.3, -0.25) is 4.79 Å². The zero-order valence-electron chi connectivity index (χ0n) is 14.7. The summed E-state index contributed by atoms with van der Waals surface area (Å²) in [6.45, 7) is 0. The predicted molar refractivity (Wildman–Crippen MR) is 115 cm³/mol. The Morgan fingerprint density at radius 2 is 2.08 bits per heavy atom. The van der Waals surface area contributed by atoms with Crippen LogP contribution in [-0.2, 0) is 25.1 Å². The Morgan fingerprint density at radius 3 is 2.77 bits per heavy atom. The number of carbonyl (C=O) groups is 1. The van der Waals surface area contributed by atoms with Gasteiger partial charge in [-0.25, -0.2) is 0 Å². The van der Waals surface area contributed by atoms with Gasteiger partial charge in [-0.05, 0) is 18.4 Å². The van der Waals surface area contributed by atoms with Gasteiger partial charge in [0.25, 0.3) is 0 Å². The zero-order chi connectivity index (χ0) is 18.5. The Labute approximate surface area is 162 Å². The monoisotopic (exact) mass is 410 g/mol. The lowest BCUT2D eigenvalue weighted by atomic mass is 9.91. The van der Waals surface area contributed by atoms with Gasteiger partial charge in [-0.15, -0.1) is 18.2 Å². The third-order valence-electron chi connectivity index (χ3n) is 5.17. The molecule has 1 aromatic carbocycles. The summed E-state index contributed by atoms with van der Waals surface area (Å²) in [7, 11) is 7.66. The minimum Gasteiger partial charge on any atom is -0.462 e. The van der Waals surface area contributed by atoms with Crippen LogP contribution in [0.25, 0.3) is 0 Å². The molecule has 0 spiro atoms. The van der Waals surface area contributed by atoms with Crippen molar-refractivity contribution in [3.8, 4) is 0 Å². The molecule has 1 aliphatic carbocycles. The fraction of sp³-hybridized carbons (Fsp3) is 0.500. The highest BCUT2D eigenvalue weighted by atomic mass is 31.1. The van der Waals surface area contributed by atoms with Gasteiger partial charge in [0, 0.05) is 27.7 Å². The second kappa shape index (κ2) is 9.76. The quantitative estimate of drug-likeness (QED) is 0.285. The first kappa shape index (κ1) is 20.4. The van der Waals surface area contributed by atoms with Crippen molar-refractivity contribution in [2.24, 2.45) is 11.8 Å². The highest BCUT2D eigenvalue weighted by molar-refractivity contribution is 7.92. The molecule has 3 unspecified atom stereocenters. The standard InChI is InChI=1S/C18H26BO4P3/c20-18-10-15-14(17(22-19(24)25)11-16(15)21-18)9-8-13(23-26)7-6-12-4-2-1-3-5-12/h1-5,8-9,13-17H,6-7,10-11,24-26H2/b9-8+/t13-,14+,15+,16-,17+/m0/s1. The molecule has 1 saturated carbocycles. The van der Waals surface area contributed by atoms with Gasteiger partial charge in [-0.2, -0.15) is 0 Å². The van der Waals surface area contributed by atoms with Crippen molar-refractivity contribution >= 4 is 40.0 Å². The summed E-state index contributed by atoms with van der Waals surface area (Å²) in [5.74, 6) is 0.291. The normalized spacial score (nSPS) is 29.0. The molecule has 0 amide bonds. The van der Waals surface area contributed by atoms with Crippen molar-refractivity contribution in [1.82, 2.24) is 0 Å². The topological polar surface area (TPSA) is 44.8 Å². The summed E-state index contributed by atoms with van der Waals surface area (Å²) < 4.78 is 17.1. The first-order chi connectivity index (χ1) is 12.6. The molecule has 8 atom stereocenters. The van der Waals surface area contributed by atoms with Crippen LogP contribution in [0, 0.1) is 11.8 Å². The van der Waals surface area contributed by atoms with E-state index in [9.17, 15) is 4.79 Å². The second-order valence-corrected chi connectivity index (χ2v) is 9.29. The molecule has 2 aliphatic rings. The lowest BCUT2D eigenvalue weighted by molar-refractivity contribution is -0.141. The van der Waals surface area contributed by atoms with Crippen molar-refractivity contribution in [2.45, 2.75) is 44.0 Å². The van der Waals surface area contributed by atoms with Crippen LogP contribution in [0.1, 0.15) is 24.8 Å². The van der Waals surface area contributed by atoms with Gasteiger partial charge in [0.15, 0.2) is 0 Å². The smallest absolute Gasteiger partial charge is 0.336 e. The molecular formula is C18H26BO4P3. The summed E-state index contributed by atoms with van der Waals surface area (Å²) in [6.07, 6.45) is 7.46. The number of esters is 1. The Morgan fingerprint density at radius 1 is 1.31 bits per heavy atom. The molecule has 1 aromatic rings. The van der Waals surface area contributed by atoms with Crippen LogP contribution in [0.15, 0.2) is 42.5 Å². The van der Waals surface area contributed by atoms with Crippen LogP contribution >= 0.6 is 27.7 Å². The van der Waals surface area contributed by atoms with Gasteiger partial charge in [0.1, 0.15) is 6.10 Å². The third-order valence-corrected chi connectivity index (χ3v) is 5.83. The molecule has 0 bridgehead atoms. The van der Waals surface area contributed by atoms with Crippen molar-refractivity contribution in [3.63, 3.8) is 0 Å². The van der Waals surface area contributed by atoms with Gasteiger partial charge in [0.2, 0.25) is 0 Å². The van der Waals surface area contributed by atoms with Gasteiger partial charge >= 0.3 is 12.3 Å². The summed E-state index contributed by atoms with van der Waals surface area (Å²) >= 11 is 0. The van der Waals surface area contributed by atoms with Crippen molar-refractivity contribution in [3.05, 3.63) is 48.0 Å². The maximum Gasteiger partial charge on any atom is 0.336 e. The Hall–Kier alpha value is -0.295. The lowest BCUT2D eigenvalue weighted by Crippen LogP contribution is -2.24. The van der Waals surface area contributed by atoms with Crippen molar-refractivity contribution in [2.75, 3.05) is 0 Å². The van der Waals surface area contributed by atoms with Crippen molar-refractivity contribution < 1.29 is 18.7 Å². The van der Waals surface area contributed by atoms with Crippen LogP contribution < -0.4 is 0 Å². The summed E-state index contributed by atoms with van der Waals surface area (Å²) in [6, 6.07) is 10.4. The molecule has 1 heterocycles. The van der Waals surface area contributed by atoms with Crippen LogP contribution in [0.2, 0.25) is 0 Å². The SMILES string of the molecule is O=C1C[C@@H]2[C@@H](/C=C/[C@H](CCc3ccccc3)OP)[C@H](OB(P)P)C[C@@H]2O1. The van der Waals surface area contributed by atoms with Crippen molar-refractivity contribution in [1.29, 1.82) is 0 Å². The van der Waals surface area contributed by atoms with Crippen LogP contribution in [0.4, 0.5) is 0 Å². The third kappa shape index (κ3) is 5.37. The van der Waals surface area contributed by atoms with Gasteiger partial charge in [0.05, 0.1) is 18.6 Å². The number of ether oxygens (including phenoxy) is 1. The first-order valence-electron chi connectivity index (χ1n) is 9.00. The van der Waals surface area contributed by atoms with E-state index in [0.29, 0.717) is 6.42 Å². The van der Waals surface area contributed by atoms with Crippen LogP contribution in [0.3, 0.4) is 0 Å². The maximum absolute atomic E-state index is 11.7. The summed E-state index contributed by atoms with van der Waals surface area (Å²) in [5.41, 5.74) is 1.30. The number of rotatable bonds is 8. The molecule has 0 radical (unpaired) electrons. The van der Waals surface area contributed by atoms with E-state index in [4.69, 9.17) is 13.9 Å². The highest BCUT2D eigenvalue weighted by Gasteiger charge is 2.49. The minimum absolute atomic E-state index is 0.00251. The molecule has 3 rings (SSSR count). The van der Waals surface area contributed by atoms with Gasteiger partial charge < -0.3 is 13.9 Å². The predicted octanol–water partition coefficient (Wildman–Crippen LogP) is 3.42. The molecular weight excluding hydrogens is 384 g/mol. The second-order valence-electron chi connectivity index (χ2n) is 6.93. The van der Waals surface area contributed by atoms with E-state index in [-0.39, 0.29) is 42.5 Å².